The summed E-state index contributed by atoms with van der Waals surface area (Å²) in [7, 11) is -2.58. The molecule has 0 aromatic heterocycles. The molecule has 1 atom stereocenters. The molecule has 0 fully saturated rings. The predicted octanol–water partition coefficient (Wildman–Crippen LogP) is 3.39. The number of hydrogen-bond donors (Lipinski definition) is 0. The van der Waals surface area contributed by atoms with Crippen molar-refractivity contribution in [3.8, 4) is 11.1 Å². The van der Waals surface area contributed by atoms with Gasteiger partial charge < -0.3 is 4.57 Å². The molecule has 0 spiro atoms. The maximum absolute atomic E-state index is 12.8. The third-order valence-electron chi connectivity index (χ3n) is 3.51. The van der Waals surface area contributed by atoms with Crippen LogP contribution in [0, 0.1) is 10.1 Å². The molecule has 1 unspecified atom stereocenters. The van der Waals surface area contributed by atoms with Gasteiger partial charge in [-0.25, -0.2) is 0 Å². The van der Waals surface area contributed by atoms with Crippen molar-refractivity contribution in [2.45, 2.75) is 6.16 Å². The molecule has 0 saturated carbocycles. The highest BCUT2D eigenvalue weighted by Crippen LogP contribution is 2.53. The summed E-state index contributed by atoms with van der Waals surface area (Å²) < 4.78 is 12.8. The molecule has 2 aromatic rings. The second kappa shape index (κ2) is 4.04. The lowest BCUT2D eigenvalue weighted by atomic mass is 9.98. The van der Waals surface area contributed by atoms with Gasteiger partial charge in [-0.2, -0.15) is 0 Å². The first kappa shape index (κ1) is 12.1. The van der Waals surface area contributed by atoms with Gasteiger partial charge in [0.25, 0.3) is 5.69 Å². The van der Waals surface area contributed by atoms with Crippen LogP contribution < -0.4 is 5.30 Å². The highest BCUT2D eigenvalue weighted by atomic mass is 31.2. The van der Waals surface area contributed by atoms with Crippen molar-refractivity contribution < 1.29 is 9.49 Å². The number of nitrogens with zero attached hydrogens (tertiary/aromatic N) is 1. The molecule has 0 bridgehead atoms. The lowest BCUT2D eigenvalue weighted by molar-refractivity contribution is -0.385. The molecule has 96 valence electrons. The smallest absolute Gasteiger partial charge is 0.273 e. The normalized spacial score (nSPS) is 20.5. The summed E-state index contributed by atoms with van der Waals surface area (Å²) in [6, 6.07) is 12.5. The van der Waals surface area contributed by atoms with Crippen molar-refractivity contribution in [3.63, 3.8) is 0 Å². The predicted molar refractivity (Wildman–Crippen MR) is 75.4 cm³/mol. The number of hydrogen-bond acceptors (Lipinski definition) is 3. The van der Waals surface area contributed by atoms with Crippen molar-refractivity contribution in [2.75, 3.05) is 6.66 Å². The molecule has 3 rings (SSSR count). The number of fused-ring (bicyclic) bond motifs is 3. The minimum Gasteiger partial charge on any atom is -0.319 e. The summed E-state index contributed by atoms with van der Waals surface area (Å²) in [5, 5.41) is 11.9. The maximum Gasteiger partial charge on any atom is 0.273 e. The number of benzene rings is 2. The van der Waals surface area contributed by atoms with Crippen molar-refractivity contribution in [1.82, 2.24) is 0 Å². The van der Waals surface area contributed by atoms with Gasteiger partial charge in [-0.1, -0.05) is 36.4 Å². The molecule has 0 amide bonds. The second-order valence-corrected chi connectivity index (χ2v) is 7.84. The fraction of sp³-hybridized carbons (Fsp3) is 0.143. The first-order valence-electron chi connectivity index (χ1n) is 5.93. The maximum atomic E-state index is 12.8. The monoisotopic (exact) mass is 273 g/mol. The van der Waals surface area contributed by atoms with Crippen molar-refractivity contribution in [3.05, 3.63) is 58.1 Å². The van der Waals surface area contributed by atoms with E-state index in [2.05, 4.69) is 0 Å². The Balaban J connectivity index is 2.38. The lowest BCUT2D eigenvalue weighted by Gasteiger charge is -2.25. The van der Waals surface area contributed by atoms with Crippen LogP contribution in [0.1, 0.15) is 5.56 Å². The zero-order valence-corrected chi connectivity index (χ0v) is 11.3. The minimum absolute atomic E-state index is 0.0640. The summed E-state index contributed by atoms with van der Waals surface area (Å²) in [6.07, 6.45) is 0.260. The van der Waals surface area contributed by atoms with Gasteiger partial charge in [0.1, 0.15) is 7.14 Å². The fourth-order valence-corrected chi connectivity index (χ4v) is 4.88. The van der Waals surface area contributed by atoms with E-state index in [1.54, 1.807) is 12.7 Å². The van der Waals surface area contributed by atoms with Crippen LogP contribution >= 0.6 is 7.14 Å². The van der Waals surface area contributed by atoms with Crippen LogP contribution in [0.5, 0.6) is 0 Å². The molecule has 0 radical (unpaired) electrons. The van der Waals surface area contributed by atoms with Gasteiger partial charge in [0.2, 0.25) is 0 Å². The summed E-state index contributed by atoms with van der Waals surface area (Å²) in [5.41, 5.74) is 2.35. The molecular formula is C14H12NO3P. The van der Waals surface area contributed by atoms with Crippen LogP contribution in [0.15, 0.2) is 42.5 Å². The van der Waals surface area contributed by atoms with Crippen LogP contribution in [0.2, 0.25) is 0 Å². The molecule has 0 saturated heterocycles. The van der Waals surface area contributed by atoms with Crippen LogP contribution in [0.25, 0.3) is 11.1 Å². The summed E-state index contributed by atoms with van der Waals surface area (Å²) in [5.74, 6) is 0. The van der Waals surface area contributed by atoms with Crippen LogP contribution in [0.4, 0.5) is 5.69 Å². The molecule has 19 heavy (non-hydrogen) atoms. The Bertz CT molecular complexity index is 739. The van der Waals surface area contributed by atoms with Gasteiger partial charge in [-0.05, 0) is 17.8 Å². The summed E-state index contributed by atoms with van der Waals surface area (Å²) in [6.45, 7) is 1.70. The standard InChI is InChI=1S/C14H12NO3P/c1-19(18)9-12-10(6-4-7-13(12)15(16)17)11-5-2-3-8-14(11)19/h2-8H,9H2,1H3. The van der Waals surface area contributed by atoms with E-state index in [1.165, 1.54) is 6.07 Å². The van der Waals surface area contributed by atoms with Crippen LogP contribution in [-0.2, 0) is 10.7 Å². The molecule has 5 heteroatoms. The minimum atomic E-state index is -2.58. The molecule has 1 heterocycles. The first-order chi connectivity index (χ1) is 9.00. The highest BCUT2D eigenvalue weighted by Gasteiger charge is 2.33. The van der Waals surface area contributed by atoms with Gasteiger partial charge >= 0.3 is 0 Å². The zero-order chi connectivity index (χ0) is 13.6. The Kier molecular flexibility index (Phi) is 2.58. The Morgan fingerprint density at radius 3 is 2.53 bits per heavy atom. The van der Waals surface area contributed by atoms with E-state index in [0.29, 0.717) is 5.56 Å². The second-order valence-electron chi connectivity index (χ2n) is 4.84. The van der Waals surface area contributed by atoms with Crippen LogP contribution in [0.3, 0.4) is 0 Å². The number of nitro groups is 1. The molecule has 0 aliphatic carbocycles. The molecule has 1 aliphatic heterocycles. The van der Waals surface area contributed by atoms with E-state index in [4.69, 9.17) is 0 Å². The first-order valence-corrected chi connectivity index (χ1v) is 8.27. The highest BCUT2D eigenvalue weighted by molar-refractivity contribution is 7.70. The SMILES string of the molecule is CP1(=O)Cc2c(cccc2[N+](=O)[O-])-c2ccccc21. The molecular weight excluding hydrogens is 261 g/mol. The average Bonchev–Trinajstić information content (AvgIpc) is 2.38. The van der Waals surface area contributed by atoms with Gasteiger partial charge in [0.15, 0.2) is 0 Å². The average molecular weight is 273 g/mol. The molecule has 4 nitrogen and oxygen atoms in total. The largest absolute Gasteiger partial charge is 0.319 e. The summed E-state index contributed by atoms with van der Waals surface area (Å²) in [4.78, 5) is 10.7. The van der Waals surface area contributed by atoms with Crippen LogP contribution in [-0.4, -0.2) is 11.6 Å². The Morgan fingerprint density at radius 2 is 1.79 bits per heavy atom. The topological polar surface area (TPSA) is 60.2 Å². The third kappa shape index (κ3) is 1.80. The lowest BCUT2D eigenvalue weighted by Crippen LogP contribution is -2.16. The van der Waals surface area contributed by atoms with Crippen molar-refractivity contribution >= 4 is 18.1 Å². The van der Waals surface area contributed by atoms with E-state index in [0.717, 1.165) is 16.4 Å². The van der Waals surface area contributed by atoms with E-state index in [1.807, 2.05) is 30.3 Å². The van der Waals surface area contributed by atoms with Crippen molar-refractivity contribution in [1.29, 1.82) is 0 Å². The van der Waals surface area contributed by atoms with E-state index in [9.17, 15) is 14.7 Å². The molecule has 1 aliphatic rings. The Labute approximate surface area is 110 Å². The van der Waals surface area contributed by atoms with E-state index < -0.39 is 12.1 Å². The quantitative estimate of drug-likeness (QED) is 0.454. The summed E-state index contributed by atoms with van der Waals surface area (Å²) >= 11 is 0. The molecule has 2 aromatic carbocycles. The van der Waals surface area contributed by atoms with Crippen molar-refractivity contribution in [2.24, 2.45) is 0 Å². The van der Waals surface area contributed by atoms with Gasteiger partial charge in [0.05, 0.1) is 4.92 Å². The Morgan fingerprint density at radius 1 is 1.11 bits per heavy atom. The zero-order valence-electron chi connectivity index (χ0n) is 10.4. The fourth-order valence-electron chi connectivity index (χ4n) is 2.66. The molecule has 0 N–H and O–H groups in total. The number of rotatable bonds is 1. The third-order valence-corrected chi connectivity index (χ3v) is 5.84. The van der Waals surface area contributed by atoms with Gasteiger partial charge in [-0.15, -0.1) is 0 Å². The Hall–Kier alpha value is -1.93. The van der Waals surface area contributed by atoms with Gasteiger partial charge in [0, 0.05) is 23.1 Å². The van der Waals surface area contributed by atoms with E-state index >= 15 is 0 Å². The number of nitro benzene ring substituents is 1. The van der Waals surface area contributed by atoms with Gasteiger partial charge in [-0.3, -0.25) is 10.1 Å². The van der Waals surface area contributed by atoms with E-state index in [-0.39, 0.29) is 11.8 Å².